The lowest BCUT2D eigenvalue weighted by atomic mass is 9.69. The maximum atomic E-state index is 12.7. The van der Waals surface area contributed by atoms with Crippen molar-refractivity contribution < 1.29 is 109 Å². The molecule has 0 aliphatic carbocycles. The number of unbranched alkanes of at least 4 members (excludes halogenated alkanes) is 5. The average molecular weight is 2150 g/mol. The van der Waals surface area contributed by atoms with E-state index in [2.05, 4.69) is 256 Å². The van der Waals surface area contributed by atoms with Gasteiger partial charge in [0.1, 0.15) is 20.1 Å². The highest BCUT2D eigenvalue weighted by molar-refractivity contribution is 14.1. The summed E-state index contributed by atoms with van der Waals surface area (Å²) in [5.74, 6) is -2.67. The minimum atomic E-state index is -4.23. The van der Waals surface area contributed by atoms with Gasteiger partial charge in [-0.1, -0.05) is 160 Å². The van der Waals surface area contributed by atoms with Crippen LogP contribution in [-0.2, 0) is 79.1 Å². The summed E-state index contributed by atoms with van der Waals surface area (Å²) in [6.45, 7) is 18.8. The van der Waals surface area contributed by atoms with Crippen LogP contribution < -0.4 is 28.9 Å². The maximum Gasteiger partial charge on any atom is 0.425 e. The summed E-state index contributed by atoms with van der Waals surface area (Å²) in [4.78, 5) is 25.5. The van der Waals surface area contributed by atoms with Crippen LogP contribution in [-0.4, -0.2) is 143 Å². The zero-order chi connectivity index (χ0) is 81.2. The molecule has 0 aromatic heterocycles. The Morgan fingerprint density at radius 3 is 1.52 bits per heavy atom. The van der Waals surface area contributed by atoms with Crippen molar-refractivity contribution >= 4 is 184 Å². The quantitative estimate of drug-likeness (QED) is 0.0142. The molecule has 0 saturated carbocycles. The van der Waals surface area contributed by atoms with E-state index in [1.807, 2.05) is 104 Å². The highest BCUT2D eigenvalue weighted by atomic mass is 127. The second-order valence-corrected chi connectivity index (χ2v) is 36.7. The number of para-hydroxylation sites is 2. The van der Waals surface area contributed by atoms with Gasteiger partial charge in [0.05, 0.1) is 48.0 Å². The van der Waals surface area contributed by atoms with Crippen molar-refractivity contribution in [2.45, 2.75) is 161 Å². The van der Waals surface area contributed by atoms with Crippen molar-refractivity contribution in [2.75, 3.05) is 43.6 Å². The second kappa shape index (κ2) is 45.1. The van der Waals surface area contributed by atoms with Crippen molar-refractivity contribution in [3.8, 4) is 0 Å². The molecule has 2 N–H and O–H groups in total. The highest BCUT2D eigenvalue weighted by Crippen LogP contribution is 2.55. The van der Waals surface area contributed by atoms with Crippen molar-refractivity contribution in [1.29, 1.82) is 0 Å². The first-order valence-electron chi connectivity index (χ1n) is 35.6. The van der Waals surface area contributed by atoms with E-state index in [0.717, 1.165) is 86.1 Å². The molecule has 9 rings (SSSR count). The number of fused-ring (bicyclic) bond motifs is 4. The van der Waals surface area contributed by atoms with Gasteiger partial charge in [0.2, 0.25) is 17.1 Å². The summed E-state index contributed by atoms with van der Waals surface area (Å²) in [7, 11) is -10.4. The predicted molar refractivity (Wildman–Crippen MR) is 463 cm³/mol. The van der Waals surface area contributed by atoms with E-state index in [0.29, 0.717) is 45.2 Å². The summed E-state index contributed by atoms with van der Waals surface area (Å²) in [6, 6.07) is 35.7. The number of hydrogen-bond donors (Lipinski definition) is 2. The SMILES string of the molecule is CC1(C)C(/C=C/C=C/C=C/Cc2ccccc2)=[N+](CCCCS(=O)(=O)[O-])c2ccccc21.CC1=[N+](C)c2cc(I)cc(I)c2C1(C)CCCCCC(=O)O.CCCCC(C(=O)O)C1(C)/C(=C/C=C/C=C/C=C/C2=[N+](CCCCS(=O)(=O)[O-])c3ccccc3C2(C)C)N(C)c2cc(I)cc(I)c21.O=S(=O)=O.O=S(=O)=O.[I-]. The third-order valence-electron chi connectivity index (χ3n) is 20.0. The fraction of sp³-hybridized carbons (Fsp3) is 0.395. The van der Waals surface area contributed by atoms with Gasteiger partial charge in [0.15, 0.2) is 17.1 Å². The molecule has 0 amide bonds. The molecule has 5 aromatic rings. The van der Waals surface area contributed by atoms with Gasteiger partial charge in [-0.3, -0.25) is 9.59 Å². The molecule has 596 valence electrons. The molecule has 29 heteroatoms. The number of rotatable bonds is 30. The first kappa shape index (κ1) is 97.1. The molecule has 20 nitrogen and oxygen atoms in total. The van der Waals surface area contributed by atoms with Crippen LogP contribution in [0.15, 0.2) is 188 Å². The van der Waals surface area contributed by atoms with Crippen LogP contribution >= 0.6 is 90.4 Å². The maximum absolute atomic E-state index is 12.7. The van der Waals surface area contributed by atoms with Gasteiger partial charge in [-0.2, -0.15) is 9.15 Å². The summed E-state index contributed by atoms with van der Waals surface area (Å²) >= 11 is 9.50. The Labute approximate surface area is 724 Å². The van der Waals surface area contributed by atoms with Crippen LogP contribution in [0.1, 0.15) is 160 Å². The number of carboxylic acid groups (broad SMARTS) is 2. The first-order valence-corrected chi connectivity index (χ1v) is 45.0. The Morgan fingerprint density at radius 1 is 0.582 bits per heavy atom. The smallest absolute Gasteiger partial charge is 0.425 e. The van der Waals surface area contributed by atoms with Crippen LogP contribution in [0.2, 0.25) is 0 Å². The van der Waals surface area contributed by atoms with E-state index >= 15 is 0 Å². The minimum Gasteiger partial charge on any atom is -1.00 e. The van der Waals surface area contributed by atoms with E-state index in [1.165, 1.54) is 46.5 Å². The van der Waals surface area contributed by atoms with Crippen molar-refractivity contribution in [3.05, 3.63) is 230 Å². The van der Waals surface area contributed by atoms with Gasteiger partial charge < -0.3 is 48.2 Å². The fourth-order valence-electron chi connectivity index (χ4n) is 14.5. The molecule has 0 radical (unpaired) electrons. The molecule has 4 heterocycles. The molecule has 110 heavy (non-hydrogen) atoms. The largest absolute Gasteiger partial charge is 1.00 e. The van der Waals surface area contributed by atoms with Crippen LogP contribution in [0.3, 0.4) is 0 Å². The summed E-state index contributed by atoms with van der Waals surface area (Å²) < 4.78 is 128. The fourth-order valence-corrected chi connectivity index (χ4v) is 20.4. The number of aliphatic carboxylic acids is 2. The van der Waals surface area contributed by atoms with E-state index in [-0.39, 0.29) is 58.1 Å². The lowest BCUT2D eigenvalue weighted by Gasteiger charge is -2.35. The van der Waals surface area contributed by atoms with Gasteiger partial charge in [-0.05, 0) is 200 Å². The molecule has 3 atom stereocenters. The number of likely N-dealkylation sites (N-methyl/N-ethyl adjacent to an activating group) is 1. The molecular formula is C81H97I5N4O16S4. The Balaban J connectivity index is 0.000000350. The summed E-state index contributed by atoms with van der Waals surface area (Å²) in [6.07, 6.45) is 35.9. The molecule has 0 saturated heterocycles. The topological polar surface area (TPSA) is 304 Å². The molecule has 0 spiro atoms. The number of carbonyl (C=O) groups is 2. The first-order chi connectivity index (χ1) is 51.2. The molecule has 0 fully saturated rings. The van der Waals surface area contributed by atoms with Crippen molar-refractivity contribution in [3.63, 3.8) is 0 Å². The normalized spacial score (nSPS) is 18.0. The zero-order valence-electron chi connectivity index (χ0n) is 63.3. The molecule has 4 aliphatic heterocycles. The number of hydrogen-bond acceptors (Lipinski definition) is 15. The minimum absolute atomic E-state index is 0. The zero-order valence-corrected chi connectivity index (χ0v) is 77.4. The van der Waals surface area contributed by atoms with E-state index in [1.54, 1.807) is 0 Å². The summed E-state index contributed by atoms with van der Waals surface area (Å²) in [5.41, 5.74) is 14.5. The number of allylic oxidation sites excluding steroid dienone is 14. The number of benzene rings is 5. The monoisotopic (exact) mass is 2140 g/mol. The standard InChI is InChI=1S/C37H44I2N2O5S.C27H31NO3S.C17H21I2NO2.HI.2O3S/c1-6-7-17-28(35(42)43)37(4)33(40(5)31-25-26(38)24-29(39)34(31)37)21-12-10-8-9-11-20-32-36(2,3)27-18-13-14-19-30(27)41(32)22-15-16-23-47(44,45)46;1-27(2)24-18-11-12-19-25(24)28(21-13-14-22-32(29,30)31)26(27)20-10-5-3-4-7-15-23-16-8-6-9-17-23;1-11-17(2,8-6-4-5-7-15(21)22)16-13(19)9-12(18)10-14(16)20(11)3;;2*1-4(2)3/h8-14,18-21,24-25,28H,6-7,15-17,22-23H2,1-5H3,(H-,42,43,44,45,46);3-12,16-20H,13-15,21-22H2,1-2H3;9-10H,4-8H2,1-3H3;1H;;/b;5-3+,7-4+,20-10+;;;;. The third-order valence-corrected chi connectivity index (χ3v) is 24.5. The van der Waals surface area contributed by atoms with E-state index in [4.69, 9.17) is 30.4 Å². The van der Waals surface area contributed by atoms with Gasteiger partial charge in [-0.15, -0.1) is 25.3 Å². The lowest BCUT2D eigenvalue weighted by molar-refractivity contribution is -0.438. The van der Waals surface area contributed by atoms with Gasteiger partial charge >= 0.3 is 33.2 Å². The highest BCUT2D eigenvalue weighted by Gasteiger charge is 2.52. The molecule has 3 unspecified atom stereocenters. The van der Waals surface area contributed by atoms with Crippen LogP contribution in [0, 0.1) is 20.2 Å². The van der Waals surface area contributed by atoms with Gasteiger partial charge in [0, 0.05) is 123 Å². The van der Waals surface area contributed by atoms with Crippen molar-refractivity contribution in [2.24, 2.45) is 5.92 Å². The molecule has 4 aliphatic rings. The van der Waals surface area contributed by atoms with Crippen LogP contribution in [0.25, 0.3) is 0 Å². The third kappa shape index (κ3) is 27.8. The van der Waals surface area contributed by atoms with Gasteiger partial charge in [-0.25, -0.2) is 21.4 Å². The number of carboxylic acids is 2. The summed E-state index contributed by atoms with van der Waals surface area (Å²) in [5, 5.41) is 19.2. The van der Waals surface area contributed by atoms with Crippen molar-refractivity contribution in [1.82, 2.24) is 0 Å². The Morgan fingerprint density at radius 2 is 1.04 bits per heavy atom. The predicted octanol–water partition coefficient (Wildman–Crippen LogP) is 13.7. The Kier molecular flexibility index (Phi) is 39.9. The molecular weight excluding hydrogens is 2050 g/mol. The average Bonchev–Trinajstić information content (AvgIpc) is 1.56. The number of anilines is 1. The van der Waals surface area contributed by atoms with E-state index in [9.17, 15) is 40.6 Å². The number of nitrogens with zero attached hydrogens (tertiary/aromatic N) is 4. The Hall–Kier alpha value is -5.26. The Bertz CT molecular complexity index is 4880. The van der Waals surface area contributed by atoms with Crippen LogP contribution in [0.5, 0.6) is 0 Å². The molecule has 0 bridgehead atoms. The van der Waals surface area contributed by atoms with E-state index < -0.39 is 64.7 Å². The molecule has 5 aromatic carbocycles. The lowest BCUT2D eigenvalue weighted by Crippen LogP contribution is -3.00. The van der Waals surface area contributed by atoms with Gasteiger partial charge in [0.25, 0.3) is 0 Å². The van der Waals surface area contributed by atoms with Crippen LogP contribution in [0.4, 0.5) is 22.7 Å². The second-order valence-electron chi connectivity index (χ2n) is 28.0. The number of halogens is 5.